The minimum absolute atomic E-state index is 0.0403. The number of carbonyl (C=O) groups is 2. The summed E-state index contributed by atoms with van der Waals surface area (Å²) >= 11 is 0. The van der Waals surface area contributed by atoms with E-state index in [1.165, 1.54) is 50.6 Å². The first-order valence-electron chi connectivity index (χ1n) is 13.3. The molecule has 0 amide bonds. The molecule has 0 aromatic heterocycles. The van der Waals surface area contributed by atoms with Gasteiger partial charge in [0.05, 0.1) is 27.4 Å². The number of rotatable bonds is 11. The van der Waals surface area contributed by atoms with Gasteiger partial charge in [0.1, 0.15) is 48.8 Å². The van der Waals surface area contributed by atoms with Gasteiger partial charge in [-0.15, -0.1) is 0 Å². The molecule has 2 saturated heterocycles. The van der Waals surface area contributed by atoms with E-state index in [2.05, 4.69) is 0 Å². The van der Waals surface area contributed by atoms with E-state index in [4.69, 9.17) is 28.4 Å². The second-order valence-electron chi connectivity index (χ2n) is 10.0. The molecule has 0 bridgehead atoms. The Labute approximate surface area is 250 Å². The lowest BCUT2D eigenvalue weighted by atomic mass is 9.99. The number of carbonyl (C=O) groups excluding carboxylic acids is 2. The Morgan fingerprint density at radius 3 is 1.27 bits per heavy atom. The highest BCUT2D eigenvalue weighted by Gasteiger charge is 2.46. The van der Waals surface area contributed by atoms with Crippen LogP contribution in [0.3, 0.4) is 0 Å². The average molecular weight is 627 g/mol. The molecule has 2 aliphatic rings. The Balaban J connectivity index is 1.50. The molecule has 2 fully saturated rings. The van der Waals surface area contributed by atoms with Crippen LogP contribution in [0.2, 0.25) is 0 Å². The van der Waals surface area contributed by atoms with Crippen molar-refractivity contribution in [3.8, 4) is 23.0 Å². The number of aliphatic hydroxyl groups is 8. The first kappa shape index (κ1) is 33.5. The van der Waals surface area contributed by atoms with Gasteiger partial charge in [-0.3, -0.25) is 9.59 Å². The van der Waals surface area contributed by atoms with Crippen LogP contribution in [0.1, 0.15) is 20.7 Å². The van der Waals surface area contributed by atoms with E-state index in [9.17, 15) is 50.4 Å². The Morgan fingerprint density at radius 2 is 0.955 bits per heavy atom. The largest absolute Gasteiger partial charge is 0.493 e. The third kappa shape index (κ3) is 6.64. The van der Waals surface area contributed by atoms with Crippen molar-refractivity contribution in [1.82, 2.24) is 0 Å². The highest BCUT2D eigenvalue weighted by atomic mass is 16.7. The molecule has 16 nitrogen and oxygen atoms in total. The van der Waals surface area contributed by atoms with Crippen LogP contribution in [0.4, 0.5) is 0 Å². The molecule has 2 heterocycles. The van der Waals surface area contributed by atoms with Crippen molar-refractivity contribution < 1.29 is 78.9 Å². The van der Waals surface area contributed by atoms with Crippen LogP contribution in [0, 0.1) is 0 Å². The molecular formula is C28H34O16. The normalized spacial score (nSPS) is 32.0. The van der Waals surface area contributed by atoms with Crippen molar-refractivity contribution in [3.05, 3.63) is 47.5 Å². The fraction of sp³-hybridized carbons (Fsp3) is 0.500. The molecule has 44 heavy (non-hydrogen) atoms. The molecule has 0 unspecified atom stereocenters. The Morgan fingerprint density at radius 1 is 0.591 bits per heavy atom. The standard InChI is InChI=1S/C28H34O16/c1-39-15-7-11(3-5-13(15)41-27-25(37)23(35)21(33)17(9-29)43-27)19(31)20(32)12-4-6-14(16(8-12)40-2)42-28-26(38)24(36)22(34)18(10-30)44-28/h3-8,17-18,21-30,33-38H,9-10H2,1-2H3/t17-,18-,21-,22-,23+,24+,25-,26-,27-,28-/m1/s1. The lowest BCUT2D eigenvalue weighted by Crippen LogP contribution is -2.60. The van der Waals surface area contributed by atoms with Gasteiger partial charge in [-0.1, -0.05) is 0 Å². The van der Waals surface area contributed by atoms with Crippen LogP contribution in [-0.2, 0) is 9.47 Å². The maximum atomic E-state index is 13.1. The summed E-state index contributed by atoms with van der Waals surface area (Å²) in [6, 6.07) is 7.42. The van der Waals surface area contributed by atoms with E-state index >= 15 is 0 Å². The number of ketones is 2. The Bertz CT molecular complexity index is 1220. The topological polar surface area (TPSA) is 251 Å². The van der Waals surface area contributed by atoms with Crippen LogP contribution in [-0.4, -0.2) is 141 Å². The Hall–Kier alpha value is -3.42. The lowest BCUT2D eigenvalue weighted by molar-refractivity contribution is -0.277. The molecule has 242 valence electrons. The van der Waals surface area contributed by atoms with Crippen molar-refractivity contribution in [2.24, 2.45) is 0 Å². The summed E-state index contributed by atoms with van der Waals surface area (Å²) in [5.41, 5.74) is -0.206. The van der Waals surface area contributed by atoms with E-state index in [-0.39, 0.29) is 34.1 Å². The van der Waals surface area contributed by atoms with Crippen molar-refractivity contribution in [2.75, 3.05) is 27.4 Å². The zero-order valence-corrected chi connectivity index (χ0v) is 23.5. The summed E-state index contributed by atoms with van der Waals surface area (Å²) in [5.74, 6) is -2.07. The van der Waals surface area contributed by atoms with Crippen LogP contribution in [0.15, 0.2) is 36.4 Å². The van der Waals surface area contributed by atoms with E-state index in [1.807, 2.05) is 0 Å². The fourth-order valence-electron chi connectivity index (χ4n) is 4.65. The molecule has 0 radical (unpaired) electrons. The number of benzene rings is 2. The third-order valence-electron chi connectivity index (χ3n) is 7.24. The van der Waals surface area contributed by atoms with E-state index in [0.717, 1.165) is 0 Å². The molecule has 0 aliphatic carbocycles. The molecule has 4 rings (SSSR count). The van der Waals surface area contributed by atoms with Gasteiger partial charge < -0.3 is 69.3 Å². The maximum absolute atomic E-state index is 13.1. The van der Waals surface area contributed by atoms with E-state index in [1.54, 1.807) is 0 Å². The van der Waals surface area contributed by atoms with Gasteiger partial charge in [0, 0.05) is 11.1 Å². The number of methoxy groups -OCH3 is 2. The maximum Gasteiger partial charge on any atom is 0.233 e. The second-order valence-corrected chi connectivity index (χ2v) is 10.0. The van der Waals surface area contributed by atoms with E-state index in [0.29, 0.717) is 0 Å². The molecule has 0 spiro atoms. The number of ether oxygens (including phenoxy) is 6. The molecule has 2 aromatic carbocycles. The van der Waals surface area contributed by atoms with Crippen molar-refractivity contribution in [2.45, 2.75) is 61.4 Å². The Kier molecular flexibility index (Phi) is 10.7. The lowest BCUT2D eigenvalue weighted by Gasteiger charge is -2.39. The highest BCUT2D eigenvalue weighted by molar-refractivity contribution is 6.49. The van der Waals surface area contributed by atoms with Crippen LogP contribution in [0.5, 0.6) is 23.0 Å². The third-order valence-corrected chi connectivity index (χ3v) is 7.24. The van der Waals surface area contributed by atoms with Crippen LogP contribution in [0.25, 0.3) is 0 Å². The first-order chi connectivity index (χ1) is 20.9. The molecular weight excluding hydrogens is 592 g/mol. The van der Waals surface area contributed by atoms with Gasteiger partial charge in [-0.05, 0) is 36.4 Å². The zero-order valence-electron chi connectivity index (χ0n) is 23.5. The average Bonchev–Trinajstić information content (AvgIpc) is 3.04. The summed E-state index contributed by atoms with van der Waals surface area (Å²) in [7, 11) is 2.51. The van der Waals surface area contributed by atoms with Gasteiger partial charge in [-0.25, -0.2) is 0 Å². The molecule has 8 N–H and O–H groups in total. The zero-order chi connectivity index (χ0) is 32.3. The monoisotopic (exact) mass is 626 g/mol. The fourth-order valence-corrected chi connectivity index (χ4v) is 4.65. The summed E-state index contributed by atoms with van der Waals surface area (Å²) in [5, 5.41) is 79.2. The van der Waals surface area contributed by atoms with Gasteiger partial charge in [0.2, 0.25) is 24.1 Å². The summed E-state index contributed by atoms with van der Waals surface area (Å²) in [4.78, 5) is 26.2. The quantitative estimate of drug-likeness (QED) is 0.0921. The summed E-state index contributed by atoms with van der Waals surface area (Å²) in [6.45, 7) is -1.33. The van der Waals surface area contributed by atoms with E-state index < -0.39 is 86.2 Å². The van der Waals surface area contributed by atoms with Crippen molar-refractivity contribution in [1.29, 1.82) is 0 Å². The van der Waals surface area contributed by atoms with Crippen LogP contribution >= 0.6 is 0 Å². The van der Waals surface area contributed by atoms with Gasteiger partial charge in [0.25, 0.3) is 0 Å². The smallest absolute Gasteiger partial charge is 0.233 e. The van der Waals surface area contributed by atoms with Gasteiger partial charge in [-0.2, -0.15) is 0 Å². The van der Waals surface area contributed by atoms with Gasteiger partial charge in [0.15, 0.2) is 23.0 Å². The second kappa shape index (κ2) is 14.1. The minimum Gasteiger partial charge on any atom is -0.493 e. The molecule has 2 aliphatic heterocycles. The molecule has 2 aromatic rings. The molecule has 16 heteroatoms. The number of hydrogen-bond acceptors (Lipinski definition) is 16. The predicted molar refractivity (Wildman–Crippen MR) is 143 cm³/mol. The molecule has 10 atom stereocenters. The highest BCUT2D eigenvalue weighted by Crippen LogP contribution is 2.34. The number of aliphatic hydroxyl groups excluding tert-OH is 8. The SMILES string of the molecule is COc1cc(C(=O)C(=O)c2ccc(O[C@@H]3O[C@H](CO)[C@@H](O)[C@H](O)[C@H]3O)c(OC)c2)ccc1O[C@@H]1O[C@H](CO)[C@@H](O)[C@H](O)[C@H]1O. The summed E-state index contributed by atoms with van der Waals surface area (Å²) < 4.78 is 32.3. The first-order valence-corrected chi connectivity index (χ1v) is 13.3. The molecule has 0 saturated carbocycles. The predicted octanol–water partition coefficient (Wildman–Crippen LogP) is -2.87. The number of hydrogen-bond donors (Lipinski definition) is 8. The summed E-state index contributed by atoms with van der Waals surface area (Å²) in [6.07, 6.45) is -15.4. The minimum atomic E-state index is -1.69. The van der Waals surface area contributed by atoms with Crippen LogP contribution < -0.4 is 18.9 Å². The number of Topliss-reactive ketones (excluding diaryl/α,β-unsaturated/α-hetero) is 2. The van der Waals surface area contributed by atoms with Crippen molar-refractivity contribution >= 4 is 11.6 Å². The van der Waals surface area contributed by atoms with Gasteiger partial charge >= 0.3 is 0 Å². The van der Waals surface area contributed by atoms with Crippen molar-refractivity contribution in [3.63, 3.8) is 0 Å².